The molecule has 0 saturated heterocycles. The topological polar surface area (TPSA) is 34.1 Å². The van der Waals surface area contributed by atoms with E-state index in [1.54, 1.807) is 12.1 Å². The van der Waals surface area contributed by atoms with E-state index in [0.29, 0.717) is 20.7 Å². The van der Waals surface area contributed by atoms with E-state index in [2.05, 4.69) is 22.6 Å². The highest BCUT2D eigenvalue weighted by Crippen LogP contribution is 2.51. The van der Waals surface area contributed by atoms with Gasteiger partial charge in [-0.2, -0.15) is 0 Å². The quantitative estimate of drug-likeness (QED) is 0.599. The zero-order valence-corrected chi connectivity index (χ0v) is 12.4. The lowest BCUT2D eigenvalue weighted by Crippen LogP contribution is -2.35. The van der Waals surface area contributed by atoms with Gasteiger partial charge in [0.15, 0.2) is 9.84 Å². The third-order valence-electron chi connectivity index (χ3n) is 4.17. The summed E-state index contributed by atoms with van der Waals surface area (Å²) < 4.78 is 25.6. The number of halogens is 1. The summed E-state index contributed by atoms with van der Waals surface area (Å²) in [4.78, 5) is 0.499. The van der Waals surface area contributed by atoms with Gasteiger partial charge in [0.2, 0.25) is 0 Å². The molecule has 92 valence electrons. The first-order chi connectivity index (χ1) is 8.10. The highest BCUT2D eigenvalue weighted by Gasteiger charge is 2.52. The molecular formula is C13H15IO2S. The molecule has 2 aliphatic rings. The zero-order chi connectivity index (χ0) is 12.0. The number of rotatable bonds is 2. The molecule has 2 saturated carbocycles. The second kappa shape index (κ2) is 4.23. The Kier molecular flexibility index (Phi) is 2.97. The van der Waals surface area contributed by atoms with Crippen LogP contribution in [0, 0.1) is 11.8 Å². The number of benzene rings is 1. The Morgan fingerprint density at radius 2 is 1.71 bits per heavy atom. The van der Waals surface area contributed by atoms with Crippen LogP contribution in [0.3, 0.4) is 0 Å². The molecule has 1 aromatic carbocycles. The van der Waals surface area contributed by atoms with Crippen LogP contribution in [-0.2, 0) is 9.84 Å². The Balaban J connectivity index is 2.00. The van der Waals surface area contributed by atoms with E-state index < -0.39 is 9.84 Å². The van der Waals surface area contributed by atoms with Gasteiger partial charge < -0.3 is 0 Å². The second-order valence-corrected chi connectivity index (χ2v) is 8.64. The molecule has 0 aliphatic heterocycles. The van der Waals surface area contributed by atoms with Crippen LogP contribution in [0.4, 0.5) is 0 Å². The van der Waals surface area contributed by atoms with Crippen LogP contribution in [0.2, 0.25) is 0 Å². The molecular weight excluding hydrogens is 347 g/mol. The minimum atomic E-state index is -3.13. The van der Waals surface area contributed by atoms with Crippen molar-refractivity contribution in [3.63, 3.8) is 0 Å². The molecule has 0 spiro atoms. The van der Waals surface area contributed by atoms with Gasteiger partial charge in [0.1, 0.15) is 0 Å². The van der Waals surface area contributed by atoms with Crippen molar-refractivity contribution in [3.8, 4) is 0 Å². The van der Waals surface area contributed by atoms with Gasteiger partial charge in [-0.3, -0.25) is 0 Å². The van der Waals surface area contributed by atoms with Gasteiger partial charge in [-0.25, -0.2) is 8.42 Å². The molecule has 4 unspecified atom stereocenters. The average Bonchev–Trinajstić information content (AvgIpc) is 2.90. The van der Waals surface area contributed by atoms with Crippen LogP contribution in [-0.4, -0.2) is 17.6 Å². The SMILES string of the molecule is O=S(=O)(c1ccccc1)C1C2CCC(C2)C1I. The number of sulfone groups is 1. The van der Waals surface area contributed by atoms with Crippen molar-refractivity contribution in [2.24, 2.45) is 11.8 Å². The van der Waals surface area contributed by atoms with Crippen molar-refractivity contribution >= 4 is 32.4 Å². The Hall–Kier alpha value is -0.100. The van der Waals surface area contributed by atoms with E-state index in [9.17, 15) is 8.42 Å². The highest BCUT2D eigenvalue weighted by atomic mass is 127. The predicted molar refractivity (Wildman–Crippen MR) is 76.1 cm³/mol. The third-order valence-corrected chi connectivity index (χ3v) is 8.78. The van der Waals surface area contributed by atoms with Gasteiger partial charge in [-0.05, 0) is 43.2 Å². The Morgan fingerprint density at radius 1 is 1.06 bits per heavy atom. The number of hydrogen-bond acceptors (Lipinski definition) is 2. The summed E-state index contributed by atoms with van der Waals surface area (Å²) in [6.07, 6.45) is 3.43. The maximum Gasteiger partial charge on any atom is 0.182 e. The molecule has 0 radical (unpaired) electrons. The molecule has 0 heterocycles. The molecule has 4 atom stereocenters. The molecule has 3 rings (SSSR count). The van der Waals surface area contributed by atoms with E-state index >= 15 is 0 Å². The smallest absolute Gasteiger partial charge is 0.182 e. The maximum absolute atomic E-state index is 12.6. The highest BCUT2D eigenvalue weighted by molar-refractivity contribution is 14.1. The van der Waals surface area contributed by atoms with E-state index in [1.807, 2.05) is 18.2 Å². The summed E-state index contributed by atoms with van der Waals surface area (Å²) in [6.45, 7) is 0. The van der Waals surface area contributed by atoms with Crippen molar-refractivity contribution in [1.82, 2.24) is 0 Å². The third kappa shape index (κ3) is 1.84. The largest absolute Gasteiger partial charge is 0.223 e. The van der Waals surface area contributed by atoms with Gasteiger partial charge in [0.25, 0.3) is 0 Å². The van der Waals surface area contributed by atoms with Crippen molar-refractivity contribution in [2.75, 3.05) is 0 Å². The normalized spacial score (nSPS) is 36.3. The van der Waals surface area contributed by atoms with Gasteiger partial charge in [0.05, 0.1) is 10.1 Å². The number of hydrogen-bond donors (Lipinski definition) is 0. The Morgan fingerprint density at radius 3 is 2.29 bits per heavy atom. The summed E-state index contributed by atoms with van der Waals surface area (Å²) in [5, 5.41) is -0.149. The van der Waals surface area contributed by atoms with E-state index in [0.717, 1.165) is 12.8 Å². The molecule has 0 N–H and O–H groups in total. The van der Waals surface area contributed by atoms with E-state index in [4.69, 9.17) is 0 Å². The van der Waals surface area contributed by atoms with E-state index in [1.165, 1.54) is 6.42 Å². The second-order valence-electron chi connectivity index (χ2n) is 5.10. The average molecular weight is 362 g/mol. The van der Waals surface area contributed by atoms with Gasteiger partial charge in [-0.15, -0.1) is 0 Å². The lowest BCUT2D eigenvalue weighted by molar-refractivity contribution is 0.483. The fourth-order valence-electron chi connectivity index (χ4n) is 3.36. The fourth-order valence-corrected chi connectivity index (χ4v) is 7.93. The van der Waals surface area contributed by atoms with Crippen molar-refractivity contribution in [1.29, 1.82) is 0 Å². The van der Waals surface area contributed by atoms with E-state index in [-0.39, 0.29) is 5.25 Å². The first kappa shape index (κ1) is 12.0. The Bertz CT molecular complexity index is 509. The summed E-state index contributed by atoms with van der Waals surface area (Å²) in [5.74, 6) is 1.02. The molecule has 0 amide bonds. The molecule has 4 heteroatoms. The first-order valence-electron chi connectivity index (χ1n) is 6.04. The molecule has 1 aromatic rings. The number of alkyl halides is 1. The van der Waals surface area contributed by atoms with Crippen LogP contribution in [0.15, 0.2) is 35.2 Å². The summed E-state index contributed by atoms with van der Waals surface area (Å²) in [5.41, 5.74) is 0. The minimum absolute atomic E-state index is 0.149. The van der Waals surface area contributed by atoms with Crippen LogP contribution < -0.4 is 0 Å². The lowest BCUT2D eigenvalue weighted by atomic mass is 10.0. The van der Waals surface area contributed by atoms with Crippen LogP contribution in [0.5, 0.6) is 0 Å². The predicted octanol–water partition coefficient (Wildman–Crippen LogP) is 3.06. The summed E-state index contributed by atoms with van der Waals surface area (Å²) in [6, 6.07) is 8.93. The standard InChI is InChI=1S/C13H15IO2S/c14-12-9-6-7-10(8-9)13(12)17(15,16)11-4-2-1-3-5-11/h1-5,9-10,12-13H,6-8H2. The maximum atomic E-state index is 12.6. The molecule has 2 fully saturated rings. The monoisotopic (exact) mass is 362 g/mol. The molecule has 17 heavy (non-hydrogen) atoms. The molecule has 2 bridgehead atoms. The number of fused-ring (bicyclic) bond motifs is 2. The summed E-state index contributed by atoms with van der Waals surface area (Å²) >= 11 is 2.36. The first-order valence-corrected chi connectivity index (χ1v) is 8.83. The van der Waals surface area contributed by atoms with Crippen LogP contribution in [0.25, 0.3) is 0 Å². The van der Waals surface area contributed by atoms with Gasteiger partial charge in [0, 0.05) is 3.92 Å². The zero-order valence-electron chi connectivity index (χ0n) is 9.42. The lowest BCUT2D eigenvalue weighted by Gasteiger charge is -2.26. The van der Waals surface area contributed by atoms with Gasteiger partial charge in [-0.1, -0.05) is 40.8 Å². The Labute approximate surface area is 116 Å². The minimum Gasteiger partial charge on any atom is -0.223 e. The molecule has 2 aliphatic carbocycles. The summed E-state index contributed by atoms with van der Waals surface area (Å²) in [7, 11) is -3.13. The van der Waals surface area contributed by atoms with Gasteiger partial charge >= 0.3 is 0 Å². The molecule has 0 aromatic heterocycles. The molecule has 2 nitrogen and oxygen atoms in total. The van der Waals surface area contributed by atoms with Crippen LogP contribution >= 0.6 is 22.6 Å². The van der Waals surface area contributed by atoms with Crippen LogP contribution in [0.1, 0.15) is 19.3 Å². The van der Waals surface area contributed by atoms with Crippen molar-refractivity contribution < 1.29 is 8.42 Å². The van der Waals surface area contributed by atoms with Crippen molar-refractivity contribution in [2.45, 2.75) is 33.3 Å². The van der Waals surface area contributed by atoms with Crippen molar-refractivity contribution in [3.05, 3.63) is 30.3 Å². The fraction of sp³-hybridized carbons (Fsp3) is 0.538.